The zero-order valence-electron chi connectivity index (χ0n) is 14.5. The Bertz CT molecular complexity index is 721. The number of para-hydroxylation sites is 1. The number of hydrogen-bond donors (Lipinski definition) is 0. The van der Waals surface area contributed by atoms with Crippen LogP contribution in [0.3, 0.4) is 0 Å². The van der Waals surface area contributed by atoms with E-state index in [1.807, 2.05) is 29.2 Å². The summed E-state index contributed by atoms with van der Waals surface area (Å²) in [6.07, 6.45) is 0.928. The molecule has 1 amide bonds. The van der Waals surface area contributed by atoms with Crippen molar-refractivity contribution in [2.24, 2.45) is 0 Å². The molecule has 0 N–H and O–H groups in total. The van der Waals surface area contributed by atoms with Crippen molar-refractivity contribution >= 4 is 27.5 Å². The summed E-state index contributed by atoms with van der Waals surface area (Å²) in [5.74, 6) is 0.855. The van der Waals surface area contributed by atoms with Crippen molar-refractivity contribution in [3.05, 3.63) is 58.6 Å². The molecule has 1 aliphatic rings. The number of rotatable bonds is 6. The third kappa shape index (κ3) is 4.54. The van der Waals surface area contributed by atoms with Crippen LogP contribution in [0.4, 0.5) is 5.69 Å². The number of amides is 1. The second-order valence-corrected chi connectivity index (χ2v) is 7.04. The first-order valence-electron chi connectivity index (χ1n) is 8.66. The summed E-state index contributed by atoms with van der Waals surface area (Å²) < 4.78 is 6.65. The van der Waals surface area contributed by atoms with Crippen molar-refractivity contribution in [2.75, 3.05) is 31.1 Å². The normalized spacial score (nSPS) is 13.8. The number of ether oxygens (including phenoxy) is 1. The third-order valence-electron chi connectivity index (χ3n) is 4.45. The molecular formula is C20H23BrN2O2. The molecule has 0 aliphatic carbocycles. The molecule has 0 spiro atoms. The number of nitrogens with zero attached hydrogens (tertiary/aromatic N) is 2. The van der Waals surface area contributed by atoms with E-state index in [-0.39, 0.29) is 12.5 Å². The molecule has 3 rings (SSSR count). The van der Waals surface area contributed by atoms with Crippen molar-refractivity contribution in [3.63, 3.8) is 0 Å². The van der Waals surface area contributed by atoms with E-state index in [0.29, 0.717) is 6.54 Å². The number of hydrogen-bond acceptors (Lipinski definition) is 3. The molecule has 2 aromatic rings. The highest BCUT2D eigenvalue weighted by Crippen LogP contribution is 2.27. The Morgan fingerprint density at radius 1 is 1.20 bits per heavy atom. The predicted molar refractivity (Wildman–Crippen MR) is 104 cm³/mol. The summed E-state index contributed by atoms with van der Waals surface area (Å²) in [6.45, 7) is 5.49. The fraction of sp³-hybridized carbons (Fsp3) is 0.350. The number of fused-ring (bicyclic) bond motifs is 1. The van der Waals surface area contributed by atoms with E-state index in [0.717, 1.165) is 41.8 Å². The molecule has 0 saturated carbocycles. The van der Waals surface area contributed by atoms with Gasteiger partial charge in [0.2, 0.25) is 0 Å². The van der Waals surface area contributed by atoms with Gasteiger partial charge in [-0.25, -0.2) is 0 Å². The minimum atomic E-state index is 0.0510. The highest BCUT2D eigenvalue weighted by atomic mass is 79.9. The van der Waals surface area contributed by atoms with E-state index < -0.39 is 0 Å². The van der Waals surface area contributed by atoms with Crippen LogP contribution in [-0.4, -0.2) is 37.0 Å². The van der Waals surface area contributed by atoms with E-state index in [1.165, 1.54) is 5.69 Å². The van der Waals surface area contributed by atoms with Crippen molar-refractivity contribution in [2.45, 2.75) is 19.9 Å². The number of halogens is 1. The molecule has 132 valence electrons. The molecule has 2 aromatic carbocycles. The Labute approximate surface area is 157 Å². The maximum Gasteiger partial charge on any atom is 0.260 e. The lowest BCUT2D eigenvalue weighted by molar-refractivity contribution is -0.133. The van der Waals surface area contributed by atoms with Crippen LogP contribution >= 0.6 is 15.9 Å². The van der Waals surface area contributed by atoms with E-state index in [1.54, 1.807) is 0 Å². The summed E-state index contributed by atoms with van der Waals surface area (Å²) in [5, 5.41) is 0. The first kappa shape index (κ1) is 17.8. The number of carbonyl (C=O) groups is 1. The van der Waals surface area contributed by atoms with E-state index >= 15 is 0 Å². The predicted octanol–water partition coefficient (Wildman–Crippen LogP) is 4.09. The fourth-order valence-electron chi connectivity index (χ4n) is 3.10. The minimum Gasteiger partial charge on any atom is -0.483 e. The van der Waals surface area contributed by atoms with Gasteiger partial charge in [-0.1, -0.05) is 34.1 Å². The number of benzene rings is 2. The van der Waals surface area contributed by atoms with Gasteiger partial charge in [0.15, 0.2) is 6.61 Å². The van der Waals surface area contributed by atoms with Gasteiger partial charge in [-0.3, -0.25) is 4.79 Å². The summed E-state index contributed by atoms with van der Waals surface area (Å²) in [6, 6.07) is 16.3. The summed E-state index contributed by atoms with van der Waals surface area (Å²) in [5.41, 5.74) is 2.28. The monoisotopic (exact) mass is 402 g/mol. The molecule has 25 heavy (non-hydrogen) atoms. The Balaban J connectivity index is 1.61. The molecule has 0 saturated heterocycles. The van der Waals surface area contributed by atoms with Crippen molar-refractivity contribution in [3.8, 4) is 5.75 Å². The van der Waals surface area contributed by atoms with Gasteiger partial charge in [0, 0.05) is 41.9 Å². The fourth-order valence-corrected chi connectivity index (χ4v) is 3.51. The van der Waals surface area contributed by atoms with Crippen LogP contribution in [-0.2, 0) is 11.3 Å². The summed E-state index contributed by atoms with van der Waals surface area (Å²) >= 11 is 3.49. The second-order valence-electron chi connectivity index (χ2n) is 6.12. The van der Waals surface area contributed by atoms with Crippen LogP contribution < -0.4 is 9.64 Å². The quantitative estimate of drug-likeness (QED) is 0.729. The first-order chi connectivity index (χ1) is 12.2. The molecule has 0 radical (unpaired) electrons. The highest BCUT2D eigenvalue weighted by Gasteiger charge is 2.21. The van der Waals surface area contributed by atoms with Crippen molar-refractivity contribution in [1.29, 1.82) is 0 Å². The SMILES string of the molecule is CCN(CCCN1Cc2cc(Br)ccc2OCC1=O)c1ccccc1. The Morgan fingerprint density at radius 2 is 2.00 bits per heavy atom. The average Bonchev–Trinajstić information content (AvgIpc) is 2.78. The van der Waals surface area contributed by atoms with Gasteiger partial charge in [0.25, 0.3) is 5.91 Å². The maximum atomic E-state index is 12.4. The molecule has 1 heterocycles. The molecule has 0 bridgehead atoms. The Kier molecular flexibility index (Phi) is 5.97. The van der Waals surface area contributed by atoms with Gasteiger partial charge in [-0.05, 0) is 43.7 Å². The second kappa shape index (κ2) is 8.39. The van der Waals surface area contributed by atoms with Crippen LogP contribution in [0.5, 0.6) is 5.75 Å². The maximum absolute atomic E-state index is 12.4. The average molecular weight is 403 g/mol. The van der Waals surface area contributed by atoms with Crippen LogP contribution in [0, 0.1) is 0 Å². The van der Waals surface area contributed by atoms with Crippen molar-refractivity contribution in [1.82, 2.24) is 4.90 Å². The van der Waals surface area contributed by atoms with Crippen LogP contribution in [0.15, 0.2) is 53.0 Å². The zero-order valence-corrected chi connectivity index (χ0v) is 16.0. The van der Waals surface area contributed by atoms with Gasteiger partial charge in [-0.2, -0.15) is 0 Å². The molecule has 1 aliphatic heterocycles. The lowest BCUT2D eigenvalue weighted by Gasteiger charge is -2.25. The Morgan fingerprint density at radius 3 is 2.76 bits per heavy atom. The van der Waals surface area contributed by atoms with E-state index in [9.17, 15) is 4.79 Å². The number of carbonyl (C=O) groups excluding carboxylic acids is 1. The van der Waals surface area contributed by atoms with Gasteiger partial charge >= 0.3 is 0 Å². The standard InChI is InChI=1S/C20H23BrN2O2/c1-2-22(18-7-4-3-5-8-18)11-6-12-23-14-16-13-17(21)9-10-19(16)25-15-20(23)24/h3-5,7-10,13H,2,6,11-12,14-15H2,1H3. The first-order valence-corrected chi connectivity index (χ1v) is 9.45. The molecule has 5 heteroatoms. The molecule has 0 unspecified atom stereocenters. The summed E-state index contributed by atoms with van der Waals surface area (Å²) in [4.78, 5) is 16.6. The lowest BCUT2D eigenvalue weighted by Crippen LogP contribution is -2.35. The molecular weight excluding hydrogens is 380 g/mol. The zero-order chi connectivity index (χ0) is 17.6. The molecule has 0 fully saturated rings. The Hall–Kier alpha value is -2.01. The third-order valence-corrected chi connectivity index (χ3v) is 4.94. The van der Waals surface area contributed by atoms with Gasteiger partial charge in [-0.15, -0.1) is 0 Å². The van der Waals surface area contributed by atoms with Gasteiger partial charge in [0.1, 0.15) is 5.75 Å². The van der Waals surface area contributed by atoms with E-state index in [4.69, 9.17) is 4.74 Å². The molecule has 4 nitrogen and oxygen atoms in total. The van der Waals surface area contributed by atoms with Gasteiger partial charge in [0.05, 0.1) is 0 Å². The minimum absolute atomic E-state index is 0.0510. The number of anilines is 1. The smallest absolute Gasteiger partial charge is 0.260 e. The van der Waals surface area contributed by atoms with Gasteiger partial charge < -0.3 is 14.5 Å². The van der Waals surface area contributed by atoms with Crippen LogP contribution in [0.1, 0.15) is 18.9 Å². The highest BCUT2D eigenvalue weighted by molar-refractivity contribution is 9.10. The van der Waals surface area contributed by atoms with Crippen molar-refractivity contribution < 1.29 is 9.53 Å². The van der Waals surface area contributed by atoms with Crippen LogP contribution in [0.2, 0.25) is 0 Å². The largest absolute Gasteiger partial charge is 0.483 e. The summed E-state index contributed by atoms with van der Waals surface area (Å²) in [7, 11) is 0. The van der Waals surface area contributed by atoms with Crippen LogP contribution in [0.25, 0.3) is 0 Å². The molecule has 0 atom stereocenters. The lowest BCUT2D eigenvalue weighted by atomic mass is 10.2. The van der Waals surface area contributed by atoms with E-state index in [2.05, 4.69) is 52.0 Å². The molecule has 0 aromatic heterocycles. The topological polar surface area (TPSA) is 32.8 Å².